The topological polar surface area (TPSA) is 135 Å². The highest BCUT2D eigenvalue weighted by atomic mass is 16.5. The molecule has 42 heavy (non-hydrogen) atoms. The van der Waals surface area contributed by atoms with Gasteiger partial charge < -0.3 is 29.9 Å². The first-order valence-electron chi connectivity index (χ1n) is 14.9. The van der Waals surface area contributed by atoms with Gasteiger partial charge in [-0.25, -0.2) is 0 Å². The number of carbonyl (C=O) groups is 2. The Morgan fingerprint density at radius 2 is 1.90 bits per heavy atom. The minimum atomic E-state index is -0.788. The third-order valence-corrected chi connectivity index (χ3v) is 8.42. The molecule has 3 aromatic rings. The molecule has 4 atom stereocenters. The summed E-state index contributed by atoms with van der Waals surface area (Å²) in [4.78, 5) is 28.8. The fraction of sp³-hybridized carbons (Fsp3) is 0.548. The first-order chi connectivity index (χ1) is 20.2. The number of hydrogen-bond donors (Lipinski definition) is 3. The number of piperidine rings is 1. The number of amides is 2. The predicted octanol–water partition coefficient (Wildman–Crippen LogP) is 3.03. The van der Waals surface area contributed by atoms with Gasteiger partial charge in [0.25, 0.3) is 5.88 Å². The third-order valence-electron chi connectivity index (χ3n) is 8.42. The van der Waals surface area contributed by atoms with Crippen molar-refractivity contribution in [3.63, 3.8) is 0 Å². The lowest BCUT2D eigenvalue weighted by atomic mass is 9.91. The van der Waals surface area contributed by atoms with E-state index in [1.165, 1.54) is 4.90 Å². The van der Waals surface area contributed by atoms with Gasteiger partial charge in [0.15, 0.2) is 5.76 Å². The Balaban J connectivity index is 1.24. The number of ether oxygens (including phenoxy) is 1. The van der Waals surface area contributed by atoms with Crippen molar-refractivity contribution in [3.05, 3.63) is 53.9 Å². The molecule has 0 saturated carbocycles. The van der Waals surface area contributed by atoms with E-state index in [4.69, 9.17) is 9.26 Å². The highest BCUT2D eigenvalue weighted by molar-refractivity contribution is 5.91. The highest BCUT2D eigenvalue weighted by Gasteiger charge is 2.43. The summed E-state index contributed by atoms with van der Waals surface area (Å²) in [5, 5.41) is 25.2. The molecule has 0 spiro atoms. The van der Waals surface area contributed by atoms with Crippen LogP contribution in [0, 0.1) is 11.8 Å². The molecule has 2 aromatic heterocycles. The number of carbonyl (C=O) groups excluding carboxylic acids is 2. The summed E-state index contributed by atoms with van der Waals surface area (Å²) >= 11 is 0. The van der Waals surface area contributed by atoms with E-state index in [0.717, 1.165) is 42.8 Å². The van der Waals surface area contributed by atoms with Gasteiger partial charge in [0.2, 0.25) is 11.8 Å². The standard InChI is InChI=1S/C31H42N6O5/c1-19(2)29(27-16-28(35-42-27)41-18-21-9-12-32-13-10-21)31(40)37-17-24(38)15-26(37)30(39)34-20(3)22-5-7-23(8-6-22)25-11-14-33-36(25)4/h5-8,11,14,16,19-21,24,26,29,32,38H,9-10,12-13,15,17-18H2,1-4H3,(H,34,39)/t20-,24+,26-,29-/m0/s1. The number of benzene rings is 1. The normalized spacial score (nSPS) is 21.0. The molecule has 0 unspecified atom stereocenters. The fourth-order valence-corrected chi connectivity index (χ4v) is 5.95. The first-order valence-corrected chi connectivity index (χ1v) is 14.9. The Morgan fingerprint density at radius 3 is 2.57 bits per heavy atom. The molecule has 11 nitrogen and oxygen atoms in total. The molecule has 3 N–H and O–H groups in total. The van der Waals surface area contributed by atoms with E-state index in [0.29, 0.717) is 24.2 Å². The summed E-state index contributed by atoms with van der Waals surface area (Å²) in [5.74, 6) is -0.128. The summed E-state index contributed by atoms with van der Waals surface area (Å²) in [6, 6.07) is 10.5. The van der Waals surface area contributed by atoms with Crippen LogP contribution in [0.2, 0.25) is 0 Å². The van der Waals surface area contributed by atoms with Crippen LogP contribution in [0.1, 0.15) is 63.3 Å². The first kappa shape index (κ1) is 29.8. The van der Waals surface area contributed by atoms with Crippen molar-refractivity contribution in [3.8, 4) is 17.1 Å². The second-order valence-corrected chi connectivity index (χ2v) is 11.9. The van der Waals surface area contributed by atoms with Crippen molar-refractivity contribution in [1.82, 2.24) is 30.5 Å². The zero-order valence-electron chi connectivity index (χ0n) is 24.8. The molecule has 11 heteroatoms. The second kappa shape index (κ2) is 13.1. The van der Waals surface area contributed by atoms with Crippen LogP contribution in [0.4, 0.5) is 0 Å². The Labute approximate surface area is 246 Å². The second-order valence-electron chi connectivity index (χ2n) is 11.9. The average Bonchev–Trinajstić information content (AvgIpc) is 3.72. The Morgan fingerprint density at radius 1 is 1.17 bits per heavy atom. The van der Waals surface area contributed by atoms with Gasteiger partial charge in [0.1, 0.15) is 12.0 Å². The molecular formula is C31H42N6O5. The minimum absolute atomic E-state index is 0.0845. The molecule has 226 valence electrons. The van der Waals surface area contributed by atoms with Crippen LogP contribution in [0.25, 0.3) is 11.3 Å². The van der Waals surface area contributed by atoms with E-state index in [9.17, 15) is 14.7 Å². The van der Waals surface area contributed by atoms with E-state index in [1.54, 1.807) is 12.3 Å². The largest absolute Gasteiger partial charge is 0.475 e. The molecule has 0 aliphatic carbocycles. The molecular weight excluding hydrogens is 536 g/mol. The lowest BCUT2D eigenvalue weighted by Crippen LogP contribution is -2.48. The summed E-state index contributed by atoms with van der Waals surface area (Å²) in [7, 11) is 1.89. The zero-order valence-corrected chi connectivity index (χ0v) is 24.8. The molecule has 1 aromatic carbocycles. The number of aromatic nitrogens is 3. The Kier molecular flexibility index (Phi) is 9.27. The van der Waals surface area contributed by atoms with Crippen molar-refractivity contribution in [2.24, 2.45) is 18.9 Å². The molecule has 2 aliphatic rings. The van der Waals surface area contributed by atoms with Crippen LogP contribution >= 0.6 is 0 Å². The minimum Gasteiger partial charge on any atom is -0.475 e. The number of likely N-dealkylation sites (tertiary alicyclic amines) is 1. The fourth-order valence-electron chi connectivity index (χ4n) is 5.95. The lowest BCUT2D eigenvalue weighted by Gasteiger charge is -2.29. The molecule has 2 amide bonds. The number of nitrogens with zero attached hydrogens (tertiary/aromatic N) is 4. The quantitative estimate of drug-likeness (QED) is 0.334. The molecule has 0 bridgehead atoms. The third kappa shape index (κ3) is 6.68. The molecule has 4 heterocycles. The molecule has 2 saturated heterocycles. The van der Waals surface area contributed by atoms with Gasteiger partial charge in [-0.1, -0.05) is 38.1 Å². The van der Waals surface area contributed by atoms with Crippen molar-refractivity contribution in [1.29, 1.82) is 0 Å². The van der Waals surface area contributed by atoms with Gasteiger partial charge in [-0.05, 0) is 67.0 Å². The SMILES string of the molecule is CC(C)[C@H](C(=O)N1C[C@H](O)C[C@H]1C(=O)N[C@@H](C)c1ccc(-c2ccnn2C)cc1)c1cc(OCC2CCNCC2)no1. The average molecular weight is 579 g/mol. The van der Waals surface area contributed by atoms with Crippen LogP contribution in [-0.2, 0) is 16.6 Å². The lowest BCUT2D eigenvalue weighted by molar-refractivity contribution is -0.141. The van der Waals surface area contributed by atoms with Crippen molar-refractivity contribution in [2.75, 3.05) is 26.2 Å². The maximum atomic E-state index is 13.9. The number of β-amino-alcohol motifs (C(OH)–C–C–N with tert-alkyl or cyclic N) is 1. The molecule has 0 radical (unpaired) electrons. The van der Waals surface area contributed by atoms with Crippen LogP contribution in [0.3, 0.4) is 0 Å². The smallest absolute Gasteiger partial charge is 0.254 e. The number of aryl methyl sites for hydroxylation is 1. The molecule has 5 rings (SSSR count). The number of aliphatic hydroxyl groups is 1. The van der Waals surface area contributed by atoms with Gasteiger partial charge in [0.05, 0.1) is 24.4 Å². The maximum absolute atomic E-state index is 13.9. The predicted molar refractivity (Wildman–Crippen MR) is 156 cm³/mol. The highest BCUT2D eigenvalue weighted by Crippen LogP contribution is 2.33. The van der Waals surface area contributed by atoms with E-state index >= 15 is 0 Å². The van der Waals surface area contributed by atoms with Gasteiger partial charge in [-0.15, -0.1) is 0 Å². The number of aliphatic hydroxyl groups excluding tert-OH is 1. The molecule has 2 aliphatic heterocycles. The Bertz CT molecular complexity index is 1350. The monoisotopic (exact) mass is 578 g/mol. The summed E-state index contributed by atoms with van der Waals surface area (Å²) < 4.78 is 13.3. The van der Waals surface area contributed by atoms with Gasteiger partial charge in [-0.3, -0.25) is 14.3 Å². The van der Waals surface area contributed by atoms with Crippen LogP contribution in [-0.4, -0.2) is 75.1 Å². The van der Waals surface area contributed by atoms with Gasteiger partial charge in [-0.2, -0.15) is 5.10 Å². The van der Waals surface area contributed by atoms with E-state index in [2.05, 4.69) is 20.9 Å². The van der Waals surface area contributed by atoms with Crippen molar-refractivity contribution in [2.45, 2.75) is 64.1 Å². The van der Waals surface area contributed by atoms with Gasteiger partial charge in [0, 0.05) is 32.3 Å². The molecule has 2 fully saturated rings. The number of rotatable bonds is 10. The van der Waals surface area contributed by atoms with E-state index in [1.807, 2.05) is 62.8 Å². The van der Waals surface area contributed by atoms with Crippen molar-refractivity contribution >= 4 is 11.8 Å². The summed E-state index contributed by atoms with van der Waals surface area (Å²) in [6.07, 6.45) is 3.24. The summed E-state index contributed by atoms with van der Waals surface area (Å²) in [5.41, 5.74) is 2.96. The van der Waals surface area contributed by atoms with Gasteiger partial charge >= 0.3 is 0 Å². The maximum Gasteiger partial charge on any atom is 0.254 e. The van der Waals surface area contributed by atoms with Crippen LogP contribution in [0.15, 0.2) is 47.1 Å². The zero-order chi connectivity index (χ0) is 29.8. The van der Waals surface area contributed by atoms with Crippen molar-refractivity contribution < 1.29 is 24.0 Å². The number of hydrogen-bond acceptors (Lipinski definition) is 8. The van der Waals surface area contributed by atoms with Crippen LogP contribution < -0.4 is 15.4 Å². The number of nitrogens with one attached hydrogen (secondary N) is 2. The summed E-state index contributed by atoms with van der Waals surface area (Å²) in [6.45, 7) is 8.37. The van der Waals surface area contributed by atoms with E-state index < -0.39 is 18.1 Å². The Hall–Kier alpha value is -3.70. The van der Waals surface area contributed by atoms with Crippen LogP contribution in [0.5, 0.6) is 5.88 Å². The van der Waals surface area contributed by atoms with E-state index in [-0.39, 0.29) is 36.7 Å².